The highest BCUT2D eigenvalue weighted by Gasteiger charge is 2.35. The van der Waals surface area contributed by atoms with Crippen LogP contribution in [0.15, 0.2) is 65.9 Å². The summed E-state index contributed by atoms with van der Waals surface area (Å²) in [5, 5.41) is 5.76. The number of aryl methyl sites for hydroxylation is 1. The average molecular weight is 436 g/mol. The molecule has 3 amide bonds. The number of hydrogen-bond acceptors (Lipinski definition) is 4. The molecule has 0 aromatic heterocycles. The highest BCUT2D eigenvalue weighted by atomic mass is 16.5. The summed E-state index contributed by atoms with van der Waals surface area (Å²) in [7, 11) is 1.60. The van der Waals surface area contributed by atoms with E-state index in [0.717, 1.165) is 5.56 Å². The van der Waals surface area contributed by atoms with Crippen LogP contribution in [0.3, 0.4) is 0 Å². The predicted molar refractivity (Wildman–Crippen MR) is 123 cm³/mol. The van der Waals surface area contributed by atoms with Crippen molar-refractivity contribution in [2.45, 2.75) is 45.8 Å². The number of carbonyl (C=O) groups is 3. The summed E-state index contributed by atoms with van der Waals surface area (Å²) in [5.74, 6) is -0.587. The SMILES string of the molecule is CC1=C(C(=O)OC(C)C)C(c2cccc(NC(=O)CCc3ccccc3)c2)NC(=O)N1C. The van der Waals surface area contributed by atoms with Gasteiger partial charge in [0.05, 0.1) is 17.7 Å². The molecule has 2 N–H and O–H groups in total. The Morgan fingerprint density at radius 3 is 2.53 bits per heavy atom. The lowest BCUT2D eigenvalue weighted by Crippen LogP contribution is -2.46. The monoisotopic (exact) mass is 435 g/mol. The van der Waals surface area contributed by atoms with Crippen LogP contribution in [0.25, 0.3) is 0 Å². The number of urea groups is 1. The first-order valence-corrected chi connectivity index (χ1v) is 10.7. The van der Waals surface area contributed by atoms with Crippen molar-refractivity contribution < 1.29 is 19.1 Å². The van der Waals surface area contributed by atoms with Crippen molar-refractivity contribution in [3.05, 3.63) is 77.0 Å². The van der Waals surface area contributed by atoms with Gasteiger partial charge in [-0.25, -0.2) is 9.59 Å². The molecule has 32 heavy (non-hydrogen) atoms. The molecule has 168 valence electrons. The molecule has 0 bridgehead atoms. The molecule has 0 spiro atoms. The summed E-state index contributed by atoms with van der Waals surface area (Å²) in [6.07, 6.45) is 0.705. The standard InChI is InChI=1S/C25H29N3O4/c1-16(2)32-24(30)22-17(3)28(4)25(31)27-23(22)19-11-8-12-20(15-19)26-21(29)14-13-18-9-6-5-7-10-18/h5-12,15-16,23H,13-14H2,1-4H3,(H,26,29)(H,27,31). The van der Waals surface area contributed by atoms with Gasteiger partial charge in [0, 0.05) is 24.9 Å². The predicted octanol–water partition coefficient (Wildman–Crippen LogP) is 4.18. The maximum Gasteiger partial charge on any atom is 0.338 e. The van der Waals surface area contributed by atoms with Gasteiger partial charge in [0.25, 0.3) is 0 Å². The normalized spacial score (nSPS) is 16.1. The molecule has 2 aromatic rings. The average Bonchev–Trinajstić information content (AvgIpc) is 2.76. The number of carbonyl (C=O) groups excluding carboxylic acids is 3. The van der Waals surface area contributed by atoms with Crippen molar-refractivity contribution >= 4 is 23.6 Å². The van der Waals surface area contributed by atoms with Gasteiger partial charge in [0.15, 0.2) is 0 Å². The van der Waals surface area contributed by atoms with Crippen LogP contribution in [-0.4, -0.2) is 36.0 Å². The Kier molecular flexibility index (Phi) is 7.30. The molecule has 7 heteroatoms. The zero-order chi connectivity index (χ0) is 23.3. The van der Waals surface area contributed by atoms with Gasteiger partial charge < -0.3 is 20.3 Å². The second-order valence-corrected chi connectivity index (χ2v) is 8.05. The van der Waals surface area contributed by atoms with Crippen molar-refractivity contribution in [3.63, 3.8) is 0 Å². The molecule has 1 aliphatic heterocycles. The number of rotatable bonds is 7. The van der Waals surface area contributed by atoms with E-state index in [1.165, 1.54) is 4.90 Å². The summed E-state index contributed by atoms with van der Waals surface area (Å²) in [6.45, 7) is 5.27. The Hall–Kier alpha value is -3.61. The summed E-state index contributed by atoms with van der Waals surface area (Å²) in [4.78, 5) is 39.1. The molecular weight excluding hydrogens is 406 g/mol. The Bertz CT molecular complexity index is 1030. The second-order valence-electron chi connectivity index (χ2n) is 8.05. The Morgan fingerprint density at radius 1 is 1.12 bits per heavy atom. The first-order chi connectivity index (χ1) is 15.3. The van der Waals surface area contributed by atoms with Gasteiger partial charge in [0.1, 0.15) is 0 Å². The van der Waals surface area contributed by atoms with Crippen LogP contribution >= 0.6 is 0 Å². The maximum absolute atomic E-state index is 12.8. The lowest BCUT2D eigenvalue weighted by atomic mass is 9.94. The number of amides is 3. The van der Waals surface area contributed by atoms with Crippen LogP contribution in [0.2, 0.25) is 0 Å². The van der Waals surface area contributed by atoms with E-state index in [1.807, 2.05) is 36.4 Å². The minimum Gasteiger partial charge on any atom is -0.459 e. The Morgan fingerprint density at radius 2 is 1.84 bits per heavy atom. The smallest absolute Gasteiger partial charge is 0.338 e. The largest absolute Gasteiger partial charge is 0.459 e. The van der Waals surface area contributed by atoms with E-state index in [-0.39, 0.29) is 18.0 Å². The number of ether oxygens (including phenoxy) is 1. The minimum absolute atomic E-state index is 0.107. The van der Waals surface area contributed by atoms with Crippen molar-refractivity contribution in [1.29, 1.82) is 0 Å². The van der Waals surface area contributed by atoms with Crippen LogP contribution in [0.5, 0.6) is 0 Å². The second kappa shape index (κ2) is 10.1. The number of anilines is 1. The minimum atomic E-state index is -0.675. The summed E-state index contributed by atoms with van der Waals surface area (Å²) >= 11 is 0. The molecule has 1 atom stereocenters. The molecular formula is C25H29N3O4. The number of benzene rings is 2. The number of nitrogens with zero attached hydrogens (tertiary/aromatic N) is 1. The van der Waals surface area contributed by atoms with Crippen LogP contribution in [0.1, 0.15) is 44.4 Å². The van der Waals surface area contributed by atoms with E-state index in [2.05, 4.69) is 10.6 Å². The van der Waals surface area contributed by atoms with Crippen molar-refractivity contribution in [1.82, 2.24) is 10.2 Å². The van der Waals surface area contributed by atoms with Crippen molar-refractivity contribution in [2.75, 3.05) is 12.4 Å². The van der Waals surface area contributed by atoms with Gasteiger partial charge in [-0.05, 0) is 50.5 Å². The van der Waals surface area contributed by atoms with Gasteiger partial charge >= 0.3 is 12.0 Å². The molecule has 0 saturated carbocycles. The number of hydrogen-bond donors (Lipinski definition) is 2. The molecule has 1 unspecified atom stereocenters. The number of esters is 1. The fourth-order valence-electron chi connectivity index (χ4n) is 3.55. The lowest BCUT2D eigenvalue weighted by molar-refractivity contribution is -0.143. The molecule has 0 aliphatic carbocycles. The number of allylic oxidation sites excluding steroid dienone is 1. The first kappa shape index (κ1) is 23.1. The topological polar surface area (TPSA) is 87.7 Å². The fraction of sp³-hybridized carbons (Fsp3) is 0.320. The van der Waals surface area contributed by atoms with E-state index in [9.17, 15) is 14.4 Å². The third kappa shape index (κ3) is 5.55. The van der Waals surface area contributed by atoms with Gasteiger partial charge in [-0.3, -0.25) is 4.79 Å². The molecule has 0 fully saturated rings. The zero-order valence-electron chi connectivity index (χ0n) is 18.8. The molecule has 1 aliphatic rings. The zero-order valence-corrected chi connectivity index (χ0v) is 18.8. The Labute approximate surface area is 188 Å². The van der Waals surface area contributed by atoms with Crippen LogP contribution < -0.4 is 10.6 Å². The Balaban J connectivity index is 1.79. The summed E-state index contributed by atoms with van der Waals surface area (Å²) in [6, 6.07) is 16.0. The van der Waals surface area contributed by atoms with E-state index >= 15 is 0 Å². The molecule has 0 saturated heterocycles. The van der Waals surface area contributed by atoms with E-state index < -0.39 is 12.0 Å². The van der Waals surface area contributed by atoms with Gasteiger partial charge in [-0.2, -0.15) is 0 Å². The van der Waals surface area contributed by atoms with E-state index in [1.54, 1.807) is 46.0 Å². The van der Waals surface area contributed by atoms with Gasteiger partial charge in [-0.1, -0.05) is 42.5 Å². The van der Waals surface area contributed by atoms with Crippen LogP contribution in [0.4, 0.5) is 10.5 Å². The molecule has 1 heterocycles. The molecule has 2 aromatic carbocycles. The van der Waals surface area contributed by atoms with E-state index in [0.29, 0.717) is 35.4 Å². The van der Waals surface area contributed by atoms with E-state index in [4.69, 9.17) is 4.74 Å². The van der Waals surface area contributed by atoms with Crippen LogP contribution in [0, 0.1) is 0 Å². The quantitative estimate of drug-likeness (QED) is 0.639. The summed E-state index contributed by atoms with van der Waals surface area (Å²) in [5.41, 5.74) is 3.28. The highest BCUT2D eigenvalue weighted by molar-refractivity contribution is 5.95. The number of nitrogens with one attached hydrogen (secondary N) is 2. The molecule has 7 nitrogen and oxygen atoms in total. The lowest BCUT2D eigenvalue weighted by Gasteiger charge is -2.33. The maximum atomic E-state index is 12.8. The molecule has 3 rings (SSSR count). The fourth-order valence-corrected chi connectivity index (χ4v) is 3.55. The summed E-state index contributed by atoms with van der Waals surface area (Å²) < 4.78 is 5.42. The first-order valence-electron chi connectivity index (χ1n) is 10.7. The molecule has 0 radical (unpaired) electrons. The van der Waals surface area contributed by atoms with Crippen molar-refractivity contribution in [3.8, 4) is 0 Å². The van der Waals surface area contributed by atoms with Crippen LogP contribution in [-0.2, 0) is 20.7 Å². The van der Waals surface area contributed by atoms with Crippen molar-refractivity contribution in [2.24, 2.45) is 0 Å². The van der Waals surface area contributed by atoms with Gasteiger partial charge in [0.2, 0.25) is 5.91 Å². The van der Waals surface area contributed by atoms with Gasteiger partial charge in [-0.15, -0.1) is 0 Å². The third-order valence-electron chi connectivity index (χ3n) is 5.30. The third-order valence-corrected chi connectivity index (χ3v) is 5.30. The highest BCUT2D eigenvalue weighted by Crippen LogP contribution is 2.32.